The van der Waals surface area contributed by atoms with Crippen LogP contribution < -0.4 is 0 Å². The molecule has 0 rings (SSSR count). The first-order chi connectivity index (χ1) is 8.52. The third-order valence-corrected chi connectivity index (χ3v) is 2.21. The third-order valence-electron chi connectivity index (χ3n) is 2.21. The summed E-state index contributed by atoms with van der Waals surface area (Å²) in [6, 6.07) is 0. The molecule has 0 heterocycles. The van der Waals surface area contributed by atoms with Crippen molar-refractivity contribution in [1.82, 2.24) is 0 Å². The summed E-state index contributed by atoms with van der Waals surface area (Å²) in [5.74, 6) is -15.4. The highest BCUT2D eigenvalue weighted by atomic mass is 19.4. The van der Waals surface area contributed by atoms with E-state index in [0.29, 0.717) is 0 Å². The molecular formula is C11H15F7O2. The van der Waals surface area contributed by atoms with Gasteiger partial charge in [-0.25, -0.2) is 4.79 Å². The van der Waals surface area contributed by atoms with E-state index in [1.165, 1.54) is 0 Å². The van der Waals surface area contributed by atoms with E-state index in [9.17, 15) is 35.5 Å². The van der Waals surface area contributed by atoms with Crippen molar-refractivity contribution < 1.29 is 40.3 Å². The van der Waals surface area contributed by atoms with Crippen LogP contribution in [0.15, 0.2) is 0 Å². The number of ether oxygens (including phenoxy) is 1. The van der Waals surface area contributed by atoms with Crippen molar-refractivity contribution in [3.05, 3.63) is 0 Å². The van der Waals surface area contributed by atoms with E-state index in [-0.39, 0.29) is 6.42 Å². The summed E-state index contributed by atoms with van der Waals surface area (Å²) < 4.78 is 90.6. The molecule has 0 saturated heterocycles. The van der Waals surface area contributed by atoms with E-state index in [4.69, 9.17) is 0 Å². The number of rotatable bonds is 4. The SMILES string of the molecule is CC(CC(C)(C)C)OC(=O)C(F)(F)C(F)(F)C(F)(F)F. The highest BCUT2D eigenvalue weighted by molar-refractivity contribution is 5.79. The second-order valence-corrected chi connectivity index (χ2v) is 5.63. The molecule has 1 atom stereocenters. The van der Waals surface area contributed by atoms with Crippen LogP contribution in [0.2, 0.25) is 0 Å². The number of carbonyl (C=O) groups is 1. The quantitative estimate of drug-likeness (QED) is 0.575. The first-order valence-electron chi connectivity index (χ1n) is 5.56. The Morgan fingerprint density at radius 3 is 1.70 bits per heavy atom. The lowest BCUT2D eigenvalue weighted by Crippen LogP contribution is -2.57. The molecule has 0 aromatic carbocycles. The summed E-state index contributed by atoms with van der Waals surface area (Å²) in [5, 5.41) is 0. The van der Waals surface area contributed by atoms with Gasteiger partial charge in [0.25, 0.3) is 0 Å². The Hall–Kier alpha value is -1.02. The molecule has 0 aromatic rings. The van der Waals surface area contributed by atoms with Gasteiger partial charge in [0.1, 0.15) is 0 Å². The van der Waals surface area contributed by atoms with Gasteiger partial charge in [0.15, 0.2) is 0 Å². The first kappa shape index (κ1) is 19.0. The van der Waals surface area contributed by atoms with Gasteiger partial charge in [0.05, 0.1) is 6.10 Å². The molecule has 0 spiro atoms. The predicted octanol–water partition coefficient (Wildman–Crippen LogP) is 4.19. The highest BCUT2D eigenvalue weighted by Crippen LogP contribution is 2.47. The largest absolute Gasteiger partial charge is 0.460 e. The van der Waals surface area contributed by atoms with Crippen LogP contribution in [0, 0.1) is 5.41 Å². The number of hydrogen-bond acceptors (Lipinski definition) is 2. The van der Waals surface area contributed by atoms with Crippen LogP contribution in [0.5, 0.6) is 0 Å². The van der Waals surface area contributed by atoms with Crippen molar-refractivity contribution in [3.63, 3.8) is 0 Å². The summed E-state index contributed by atoms with van der Waals surface area (Å²) in [6.07, 6.45) is -7.76. The van der Waals surface area contributed by atoms with Gasteiger partial charge in [0.2, 0.25) is 0 Å². The lowest BCUT2D eigenvalue weighted by Gasteiger charge is -2.29. The molecule has 0 aliphatic carbocycles. The van der Waals surface area contributed by atoms with Crippen molar-refractivity contribution in [3.8, 4) is 0 Å². The average Bonchev–Trinajstić information content (AvgIpc) is 2.11. The van der Waals surface area contributed by atoms with Gasteiger partial charge in [-0.3, -0.25) is 0 Å². The molecule has 0 aliphatic rings. The molecule has 0 bridgehead atoms. The fourth-order valence-corrected chi connectivity index (χ4v) is 1.47. The maximum atomic E-state index is 12.9. The van der Waals surface area contributed by atoms with E-state index >= 15 is 0 Å². The molecule has 0 aliphatic heterocycles. The van der Waals surface area contributed by atoms with Gasteiger partial charge in [-0.05, 0) is 18.8 Å². The van der Waals surface area contributed by atoms with Crippen LogP contribution in [-0.2, 0) is 9.53 Å². The molecule has 120 valence electrons. The Morgan fingerprint density at radius 1 is 1.00 bits per heavy atom. The van der Waals surface area contributed by atoms with E-state index < -0.39 is 35.5 Å². The third kappa shape index (κ3) is 4.24. The second-order valence-electron chi connectivity index (χ2n) is 5.63. The molecule has 0 saturated carbocycles. The summed E-state index contributed by atoms with van der Waals surface area (Å²) in [5.41, 5.74) is -0.485. The number of alkyl halides is 7. The van der Waals surface area contributed by atoms with Gasteiger partial charge in [-0.15, -0.1) is 0 Å². The lowest BCUT2D eigenvalue weighted by atomic mass is 9.90. The molecule has 0 amide bonds. The van der Waals surface area contributed by atoms with Crippen LogP contribution in [0.3, 0.4) is 0 Å². The Kier molecular flexibility index (Phi) is 5.13. The fraction of sp³-hybridized carbons (Fsp3) is 0.909. The average molecular weight is 312 g/mol. The lowest BCUT2D eigenvalue weighted by molar-refractivity contribution is -0.349. The zero-order valence-electron chi connectivity index (χ0n) is 11.2. The summed E-state index contributed by atoms with van der Waals surface area (Å²) in [7, 11) is 0. The molecule has 20 heavy (non-hydrogen) atoms. The maximum absolute atomic E-state index is 12.9. The maximum Gasteiger partial charge on any atom is 0.460 e. The number of carbonyl (C=O) groups excluding carboxylic acids is 1. The topological polar surface area (TPSA) is 26.3 Å². The fourth-order valence-electron chi connectivity index (χ4n) is 1.47. The van der Waals surface area contributed by atoms with Gasteiger partial charge in [0, 0.05) is 0 Å². The van der Waals surface area contributed by atoms with Gasteiger partial charge in [-0.2, -0.15) is 30.7 Å². The molecule has 1 unspecified atom stereocenters. The molecular weight excluding hydrogens is 297 g/mol. The molecule has 2 nitrogen and oxygen atoms in total. The predicted molar refractivity (Wildman–Crippen MR) is 55.6 cm³/mol. The highest BCUT2D eigenvalue weighted by Gasteiger charge is 2.77. The zero-order valence-corrected chi connectivity index (χ0v) is 11.2. The van der Waals surface area contributed by atoms with Crippen LogP contribution >= 0.6 is 0 Å². The number of esters is 1. The van der Waals surface area contributed by atoms with Crippen molar-refractivity contribution in [2.75, 3.05) is 0 Å². The first-order valence-corrected chi connectivity index (χ1v) is 5.56. The van der Waals surface area contributed by atoms with Gasteiger partial charge in [-0.1, -0.05) is 20.8 Å². The van der Waals surface area contributed by atoms with E-state index in [1.807, 2.05) is 0 Å². The minimum atomic E-state index is -6.55. The summed E-state index contributed by atoms with van der Waals surface area (Å²) >= 11 is 0. The number of hydrogen-bond donors (Lipinski definition) is 0. The van der Waals surface area contributed by atoms with Crippen molar-refractivity contribution in [2.45, 2.75) is 58.2 Å². The zero-order chi connectivity index (χ0) is 16.6. The molecule has 0 aromatic heterocycles. The van der Waals surface area contributed by atoms with E-state index in [2.05, 4.69) is 4.74 Å². The van der Waals surface area contributed by atoms with E-state index in [0.717, 1.165) is 6.92 Å². The monoisotopic (exact) mass is 312 g/mol. The second kappa shape index (κ2) is 5.40. The van der Waals surface area contributed by atoms with Crippen molar-refractivity contribution >= 4 is 5.97 Å². The van der Waals surface area contributed by atoms with Crippen LogP contribution in [0.1, 0.15) is 34.1 Å². The Labute approximate surface area is 111 Å². The van der Waals surface area contributed by atoms with Gasteiger partial charge >= 0.3 is 24.0 Å². The summed E-state index contributed by atoms with van der Waals surface area (Å²) in [6.45, 7) is 6.09. The van der Waals surface area contributed by atoms with Crippen LogP contribution in [0.4, 0.5) is 30.7 Å². The standard InChI is InChI=1S/C11H15F7O2/c1-6(5-8(2,3)4)20-7(19)9(12,13)10(14,15)11(16,17)18/h6H,5H2,1-4H3. The molecule has 0 N–H and O–H groups in total. The van der Waals surface area contributed by atoms with Gasteiger partial charge < -0.3 is 4.74 Å². The normalized spacial score (nSPS) is 15.9. The molecule has 0 fully saturated rings. The summed E-state index contributed by atoms with van der Waals surface area (Å²) in [4.78, 5) is 10.9. The minimum Gasteiger partial charge on any atom is -0.458 e. The van der Waals surface area contributed by atoms with Crippen LogP contribution in [-0.4, -0.2) is 30.1 Å². The Morgan fingerprint density at radius 2 is 1.40 bits per heavy atom. The smallest absolute Gasteiger partial charge is 0.458 e. The van der Waals surface area contributed by atoms with Crippen molar-refractivity contribution in [2.24, 2.45) is 5.41 Å². The Bertz CT molecular complexity index is 355. The van der Waals surface area contributed by atoms with E-state index in [1.54, 1.807) is 20.8 Å². The molecule has 0 radical (unpaired) electrons. The van der Waals surface area contributed by atoms with Crippen molar-refractivity contribution in [1.29, 1.82) is 0 Å². The Balaban J connectivity index is 5.02. The molecule has 9 heteroatoms. The van der Waals surface area contributed by atoms with Crippen LogP contribution in [0.25, 0.3) is 0 Å². The minimum absolute atomic E-state index is 0.0202. The number of halogens is 7.